The predicted molar refractivity (Wildman–Crippen MR) is 277 cm³/mol. The number of carboxylic acids is 2. The molecule has 0 unspecified atom stereocenters. The first kappa shape index (κ1) is 62.1. The van der Waals surface area contributed by atoms with Gasteiger partial charge in [-0.15, -0.1) is 22.7 Å². The van der Waals surface area contributed by atoms with E-state index in [0.717, 1.165) is 91.5 Å². The third-order valence-electron chi connectivity index (χ3n) is 11.4. The van der Waals surface area contributed by atoms with Crippen LogP contribution in [0.3, 0.4) is 0 Å². The van der Waals surface area contributed by atoms with E-state index in [4.69, 9.17) is 52.4 Å². The van der Waals surface area contributed by atoms with Crippen LogP contribution in [0.15, 0.2) is 104 Å². The number of carboxylic acid groups (broad SMARTS) is 2. The second kappa shape index (κ2) is 27.8. The number of esters is 2. The van der Waals surface area contributed by atoms with Crippen molar-refractivity contribution in [3.8, 4) is 0 Å². The molecule has 0 aliphatic carbocycles. The van der Waals surface area contributed by atoms with Gasteiger partial charge in [0.25, 0.3) is 0 Å². The van der Waals surface area contributed by atoms with Gasteiger partial charge in [-0.25, -0.2) is 37.9 Å². The van der Waals surface area contributed by atoms with Crippen molar-refractivity contribution in [2.45, 2.75) is 55.9 Å². The van der Waals surface area contributed by atoms with Gasteiger partial charge in [-0.2, -0.15) is 26.3 Å². The molecule has 4 aromatic rings. The summed E-state index contributed by atoms with van der Waals surface area (Å²) in [6.07, 6.45) is -1.51. The van der Waals surface area contributed by atoms with E-state index in [-0.39, 0.29) is 85.3 Å². The molecule has 8 rings (SSSR count). The van der Waals surface area contributed by atoms with Crippen molar-refractivity contribution >= 4 is 97.4 Å². The van der Waals surface area contributed by atoms with Crippen LogP contribution in [0.2, 0.25) is 10.0 Å². The molecule has 2 aromatic carbocycles. The Labute approximate surface area is 470 Å². The molecule has 4 aliphatic heterocycles. The van der Waals surface area contributed by atoms with Gasteiger partial charge in [-0.05, 0) is 55.7 Å². The molecule has 79 heavy (non-hydrogen) atoms. The maximum atomic E-state index is 13.8. The van der Waals surface area contributed by atoms with Crippen molar-refractivity contribution in [3.63, 3.8) is 0 Å². The number of benzene rings is 2. The van der Waals surface area contributed by atoms with Crippen molar-refractivity contribution in [3.05, 3.63) is 148 Å². The number of nitrogens with one attached hydrogen (secondary N) is 2. The van der Waals surface area contributed by atoms with Crippen molar-refractivity contribution in [1.82, 2.24) is 25.5 Å². The highest BCUT2D eigenvalue weighted by molar-refractivity contribution is 9.09. The van der Waals surface area contributed by atoms with Crippen LogP contribution in [-0.4, -0.2) is 125 Å². The third kappa shape index (κ3) is 16.9. The predicted octanol–water partition coefficient (Wildman–Crippen LogP) is 9.88. The number of thiazole rings is 2. The quantitative estimate of drug-likeness (QED) is 0.0423. The second-order valence-corrected chi connectivity index (χ2v) is 19.9. The fourth-order valence-corrected chi connectivity index (χ4v) is 10.3. The number of rotatable bonds is 13. The lowest BCUT2D eigenvalue weighted by Gasteiger charge is -2.34. The minimum atomic E-state index is -4.67. The molecule has 0 bridgehead atoms. The zero-order chi connectivity index (χ0) is 57.8. The fourth-order valence-electron chi connectivity index (χ4n) is 7.77. The van der Waals surface area contributed by atoms with E-state index in [2.05, 4.69) is 46.5 Å². The largest absolute Gasteiger partial charge is 0.478 e. The molecule has 30 heteroatoms. The topological polar surface area (TPSA) is 223 Å². The van der Waals surface area contributed by atoms with Crippen LogP contribution in [0, 0.1) is 11.6 Å². The SMILES string of the molecule is COC(=O)C1=C(CBr)NC(c2nc(C(F)(F)F)cs2)=N[C@H]1c1ccc(F)cc1Cl.COC(=O)C1=C(CN2CCO[C@H](/C=C/C(=O)O)C2)NC(c2nc(C(F)(F)F)cs2)=N[C@H]1c1ccc(F)cc1Cl.O=C(O)/C=C/[C@@H]1CCCCO1. The summed E-state index contributed by atoms with van der Waals surface area (Å²) in [6, 6.07) is 4.87. The average Bonchev–Trinajstić information content (AvgIpc) is 4.18. The normalized spacial score (nSPS) is 20.0. The minimum Gasteiger partial charge on any atom is -0.478 e. The van der Waals surface area contributed by atoms with E-state index in [1.54, 1.807) is 6.08 Å². The van der Waals surface area contributed by atoms with Gasteiger partial charge < -0.3 is 39.8 Å². The number of carbonyl (C=O) groups is 4. The van der Waals surface area contributed by atoms with Crippen molar-refractivity contribution in [2.24, 2.45) is 9.98 Å². The van der Waals surface area contributed by atoms with Gasteiger partial charge in [0.2, 0.25) is 0 Å². The van der Waals surface area contributed by atoms with Crippen molar-refractivity contribution < 1.29 is 83.5 Å². The summed E-state index contributed by atoms with van der Waals surface area (Å²) in [5.74, 6) is -4.77. The Morgan fingerprint density at radius 2 is 1.22 bits per heavy atom. The Hall–Kier alpha value is -6.14. The van der Waals surface area contributed by atoms with Gasteiger partial charge in [-0.3, -0.25) is 14.9 Å². The number of alkyl halides is 7. The molecule has 0 spiro atoms. The average molecular weight is 1260 g/mol. The van der Waals surface area contributed by atoms with Crippen LogP contribution in [-0.2, 0) is 50.5 Å². The third-order valence-corrected chi connectivity index (χ3v) is 14.3. The van der Waals surface area contributed by atoms with E-state index >= 15 is 0 Å². The van der Waals surface area contributed by atoms with Gasteiger partial charge in [-0.1, -0.05) is 51.3 Å². The molecule has 2 fully saturated rings. The standard InChI is InChI=1S/C24H21ClF4N4O5S.C17H11BrClF4N3O2S.C8H12O3/c1-37-23(36)19-16(10-33-6-7-38-13(9-33)3-5-18(34)35)30-21(22-31-17(11-39-22)24(27,28)29)32-20(19)14-4-2-12(26)8-15(14)25;1-28-16(27)12-10(5-18)24-14(15-25-11(6-29-15)17(21,22)23)26-13(12)8-3-2-7(20)4-9(8)19;9-8(10)5-4-7-3-1-2-6-11-7/h2-5,8,11,13,20H,6-7,9-10H2,1H3,(H,30,32)(H,34,35);2-4,6,13H,5H2,1H3,(H,24,26);4-5,7H,1-3,6H2,(H,9,10)/b5-3+;;5-4+/t13-,20+;13-;7-/m100/s1. The highest BCUT2D eigenvalue weighted by atomic mass is 79.9. The van der Waals surface area contributed by atoms with Crippen LogP contribution >= 0.6 is 61.8 Å². The molecule has 17 nitrogen and oxygen atoms in total. The summed E-state index contributed by atoms with van der Waals surface area (Å²) in [5, 5.41) is 24.7. The summed E-state index contributed by atoms with van der Waals surface area (Å²) in [6.45, 7) is 1.74. The molecule has 2 aromatic heterocycles. The second-order valence-electron chi connectivity index (χ2n) is 16.8. The molecule has 6 heterocycles. The van der Waals surface area contributed by atoms with Gasteiger partial charge in [0.1, 0.15) is 23.7 Å². The fraction of sp³-hybridized carbons (Fsp3) is 0.347. The lowest BCUT2D eigenvalue weighted by molar-refractivity contribution is -0.141. The number of nitrogens with zero attached hydrogens (tertiary/aromatic N) is 5. The van der Waals surface area contributed by atoms with Crippen molar-refractivity contribution in [2.75, 3.05) is 52.4 Å². The monoisotopic (exact) mass is 1260 g/mol. The number of amidine groups is 2. The summed E-state index contributed by atoms with van der Waals surface area (Å²) in [7, 11) is 2.34. The molecule has 0 saturated carbocycles. The number of ether oxygens (including phenoxy) is 4. The number of aliphatic imine (C=N–C) groups is 2. The Morgan fingerprint density at radius 1 is 0.747 bits per heavy atom. The Kier molecular flexibility index (Phi) is 21.9. The Morgan fingerprint density at radius 3 is 1.63 bits per heavy atom. The first-order valence-electron chi connectivity index (χ1n) is 23.0. The number of carbonyl (C=O) groups excluding carboxylic acids is 2. The van der Waals surface area contributed by atoms with Crippen LogP contribution in [0.1, 0.15) is 63.9 Å². The Bertz CT molecular complexity index is 3090. The Balaban J connectivity index is 0.000000220. The van der Waals surface area contributed by atoms with Crippen molar-refractivity contribution in [1.29, 1.82) is 0 Å². The molecule has 0 amide bonds. The maximum Gasteiger partial charge on any atom is 0.434 e. The van der Waals surface area contributed by atoms with Gasteiger partial charge in [0.05, 0.1) is 44.2 Å². The number of halogens is 11. The summed E-state index contributed by atoms with van der Waals surface area (Å²) in [4.78, 5) is 64.3. The lowest BCUT2D eigenvalue weighted by atomic mass is 9.95. The van der Waals surface area contributed by atoms with Gasteiger partial charge in [0.15, 0.2) is 33.1 Å². The van der Waals surface area contributed by atoms with E-state index in [0.29, 0.717) is 29.1 Å². The van der Waals surface area contributed by atoms with Crippen LogP contribution < -0.4 is 10.6 Å². The molecule has 2 saturated heterocycles. The summed E-state index contributed by atoms with van der Waals surface area (Å²) < 4.78 is 126. The minimum absolute atomic E-state index is 0.00504. The van der Waals surface area contributed by atoms with E-state index in [1.165, 1.54) is 25.3 Å². The molecule has 4 atom stereocenters. The first-order chi connectivity index (χ1) is 37.4. The van der Waals surface area contributed by atoms with Gasteiger partial charge in [0, 0.05) is 87.0 Å². The smallest absolute Gasteiger partial charge is 0.434 e. The highest BCUT2D eigenvalue weighted by Gasteiger charge is 2.39. The zero-order valence-electron chi connectivity index (χ0n) is 41.0. The lowest BCUT2D eigenvalue weighted by Crippen LogP contribution is -2.46. The van der Waals surface area contributed by atoms with E-state index in [1.807, 2.05) is 4.90 Å². The number of aliphatic carboxylic acids is 2. The number of morpholine rings is 1. The molecular weight excluding hydrogens is 1210 g/mol. The van der Waals surface area contributed by atoms with Crippen LogP contribution in [0.25, 0.3) is 0 Å². The van der Waals surface area contributed by atoms with Gasteiger partial charge >= 0.3 is 36.2 Å². The van der Waals surface area contributed by atoms with E-state index in [9.17, 15) is 54.3 Å². The van der Waals surface area contributed by atoms with Crippen LogP contribution in [0.5, 0.6) is 0 Å². The number of hydrogen-bond acceptors (Lipinski definition) is 17. The number of hydrogen-bond donors (Lipinski definition) is 4. The molecule has 4 aliphatic rings. The molecule has 4 N–H and O–H groups in total. The summed E-state index contributed by atoms with van der Waals surface area (Å²) >= 11 is 17.1. The molecular formula is C49H44BrCl2F8N7O10S2. The zero-order valence-corrected chi connectivity index (χ0v) is 45.7. The number of allylic oxidation sites excluding steroid dienone is 1. The number of methoxy groups -OCH3 is 2. The summed E-state index contributed by atoms with van der Waals surface area (Å²) in [5.41, 5.74) is -0.957. The van der Waals surface area contributed by atoms with E-state index < -0.39 is 77.4 Å². The maximum absolute atomic E-state index is 13.8. The molecule has 424 valence electrons. The number of aromatic nitrogens is 2. The first-order valence-corrected chi connectivity index (χ1v) is 26.7. The highest BCUT2D eigenvalue weighted by Crippen LogP contribution is 2.40. The molecule has 0 radical (unpaired) electrons. The van der Waals surface area contributed by atoms with Crippen LogP contribution in [0.4, 0.5) is 35.1 Å².